The van der Waals surface area contributed by atoms with Gasteiger partial charge < -0.3 is 4.52 Å². The number of pyridine rings is 1. The Hall–Kier alpha value is -3.71. The molecule has 0 aliphatic rings. The fraction of sp³-hybridized carbons (Fsp3) is 0.167. The number of nitrogens with zero attached hydrogens (tertiary/aromatic N) is 2. The number of carbonyl (C=O) groups excluding carboxylic acids is 2. The minimum atomic E-state index is -0.426. The smallest absolute Gasteiger partial charge is 0.270 e. The van der Waals surface area contributed by atoms with Gasteiger partial charge in [0.05, 0.1) is 22.5 Å². The van der Waals surface area contributed by atoms with Crippen molar-refractivity contribution in [2.75, 3.05) is 0 Å². The summed E-state index contributed by atoms with van der Waals surface area (Å²) in [6.07, 6.45) is 0.665. The van der Waals surface area contributed by atoms with E-state index >= 15 is 0 Å². The van der Waals surface area contributed by atoms with E-state index in [9.17, 15) is 9.59 Å². The van der Waals surface area contributed by atoms with Crippen molar-refractivity contribution in [1.82, 2.24) is 21.0 Å². The molecule has 0 aliphatic carbocycles. The number of hydrazine groups is 1. The molecule has 2 aromatic carbocycles. The summed E-state index contributed by atoms with van der Waals surface area (Å²) in [4.78, 5) is 29.9. The van der Waals surface area contributed by atoms with E-state index in [0.717, 1.165) is 16.8 Å². The van der Waals surface area contributed by atoms with Crippen LogP contribution in [0.5, 0.6) is 0 Å². The molecule has 32 heavy (non-hydrogen) atoms. The van der Waals surface area contributed by atoms with Crippen molar-refractivity contribution < 1.29 is 14.1 Å². The number of nitrogens with one attached hydrogen (secondary N) is 2. The van der Waals surface area contributed by atoms with Gasteiger partial charge in [0.2, 0.25) is 5.91 Å². The Labute approximate surface area is 189 Å². The van der Waals surface area contributed by atoms with Crippen LogP contribution in [0, 0.1) is 13.8 Å². The van der Waals surface area contributed by atoms with Crippen LogP contribution < -0.4 is 10.9 Å². The van der Waals surface area contributed by atoms with Gasteiger partial charge >= 0.3 is 0 Å². The predicted molar refractivity (Wildman–Crippen MR) is 122 cm³/mol. The van der Waals surface area contributed by atoms with Crippen LogP contribution in [0.15, 0.2) is 59.1 Å². The molecule has 162 valence electrons. The van der Waals surface area contributed by atoms with Crippen molar-refractivity contribution in [1.29, 1.82) is 0 Å². The Kier molecular flexibility index (Phi) is 6.18. The molecule has 4 aromatic rings. The van der Waals surface area contributed by atoms with Crippen molar-refractivity contribution in [3.05, 3.63) is 82.2 Å². The molecule has 8 heteroatoms. The first-order valence-corrected chi connectivity index (χ1v) is 10.5. The monoisotopic (exact) mass is 448 g/mol. The van der Waals surface area contributed by atoms with Gasteiger partial charge in [-0.15, -0.1) is 0 Å². The number of aryl methyl sites for hydroxylation is 2. The molecule has 0 spiro atoms. The number of fused-ring (bicyclic) bond motifs is 1. The number of halogens is 1. The van der Waals surface area contributed by atoms with Crippen molar-refractivity contribution in [2.24, 2.45) is 0 Å². The van der Waals surface area contributed by atoms with Crippen LogP contribution in [-0.4, -0.2) is 22.0 Å². The third-order valence-corrected chi connectivity index (χ3v) is 5.45. The second-order valence-corrected chi connectivity index (χ2v) is 7.82. The Morgan fingerprint density at radius 3 is 2.50 bits per heavy atom. The first-order valence-electron chi connectivity index (χ1n) is 10.1. The zero-order valence-electron chi connectivity index (χ0n) is 17.6. The molecular weight excluding hydrogens is 428 g/mol. The average molecular weight is 449 g/mol. The first-order chi connectivity index (χ1) is 15.4. The summed E-state index contributed by atoms with van der Waals surface area (Å²) >= 11 is 5.99. The Bertz CT molecular complexity index is 1280. The number of hydrogen-bond donors (Lipinski definition) is 2. The van der Waals surface area contributed by atoms with Gasteiger partial charge in [0.1, 0.15) is 5.76 Å². The van der Waals surface area contributed by atoms with Gasteiger partial charge in [0.15, 0.2) is 0 Å². The van der Waals surface area contributed by atoms with Crippen molar-refractivity contribution in [3.63, 3.8) is 0 Å². The quantitative estimate of drug-likeness (QED) is 0.436. The number of aromatic nitrogens is 2. The lowest BCUT2D eigenvalue weighted by Crippen LogP contribution is -2.41. The SMILES string of the molecule is Cc1noc(C)c1CCC(=O)NNC(=O)c1cc(-c2ccc(Cl)cc2)nc2ccccc12. The van der Waals surface area contributed by atoms with Crippen molar-refractivity contribution in [3.8, 4) is 11.3 Å². The molecule has 0 unspecified atom stereocenters. The average Bonchev–Trinajstić information content (AvgIpc) is 3.12. The van der Waals surface area contributed by atoms with E-state index in [2.05, 4.69) is 21.0 Å². The van der Waals surface area contributed by atoms with E-state index < -0.39 is 5.91 Å². The highest BCUT2D eigenvalue weighted by Crippen LogP contribution is 2.26. The molecule has 2 amide bonds. The Morgan fingerprint density at radius 2 is 1.78 bits per heavy atom. The molecule has 2 heterocycles. The number of hydrogen-bond acceptors (Lipinski definition) is 5. The summed E-state index contributed by atoms with van der Waals surface area (Å²) < 4.78 is 5.11. The molecule has 4 rings (SSSR count). The summed E-state index contributed by atoms with van der Waals surface area (Å²) in [7, 11) is 0. The summed E-state index contributed by atoms with van der Waals surface area (Å²) in [5, 5.41) is 5.19. The van der Waals surface area contributed by atoms with Crippen LogP contribution in [0.25, 0.3) is 22.2 Å². The van der Waals surface area contributed by atoms with Crippen molar-refractivity contribution in [2.45, 2.75) is 26.7 Å². The lowest BCUT2D eigenvalue weighted by Gasteiger charge is -2.11. The van der Waals surface area contributed by atoms with Crippen LogP contribution in [0.4, 0.5) is 0 Å². The number of para-hydroxylation sites is 1. The van der Waals surface area contributed by atoms with Gasteiger partial charge in [-0.25, -0.2) is 4.98 Å². The molecule has 7 nitrogen and oxygen atoms in total. The predicted octanol–water partition coefficient (Wildman–Crippen LogP) is 4.55. The summed E-state index contributed by atoms with van der Waals surface area (Å²) in [6.45, 7) is 3.64. The fourth-order valence-corrected chi connectivity index (χ4v) is 3.61. The van der Waals surface area contributed by atoms with E-state index in [1.54, 1.807) is 18.2 Å². The standard InChI is InChI=1S/C24H21ClN4O3/c1-14-18(15(2)32-29-14)11-12-23(30)27-28-24(31)20-13-22(16-7-9-17(25)10-8-16)26-21-6-4-3-5-19(20)21/h3-10,13H,11-12H2,1-2H3,(H,27,30)(H,28,31). The van der Waals surface area contributed by atoms with Crippen LogP contribution in [-0.2, 0) is 11.2 Å². The van der Waals surface area contributed by atoms with E-state index in [0.29, 0.717) is 39.4 Å². The van der Waals surface area contributed by atoms with Crippen LogP contribution in [0.2, 0.25) is 5.02 Å². The number of benzene rings is 2. The number of amides is 2. The van der Waals surface area contributed by atoms with E-state index in [-0.39, 0.29) is 12.3 Å². The summed E-state index contributed by atoms with van der Waals surface area (Å²) in [6, 6.07) is 16.3. The normalized spacial score (nSPS) is 10.8. The molecule has 0 aliphatic heterocycles. The van der Waals surface area contributed by atoms with Crippen LogP contribution >= 0.6 is 11.6 Å². The van der Waals surface area contributed by atoms with Gasteiger partial charge in [-0.05, 0) is 44.5 Å². The summed E-state index contributed by atoms with van der Waals surface area (Å²) in [5.41, 5.74) is 9.21. The third kappa shape index (κ3) is 4.63. The zero-order chi connectivity index (χ0) is 22.7. The molecule has 0 fully saturated rings. The number of carbonyl (C=O) groups is 2. The molecule has 0 saturated heterocycles. The van der Waals surface area contributed by atoms with Gasteiger partial charge in [-0.2, -0.15) is 0 Å². The van der Waals surface area contributed by atoms with Gasteiger partial charge in [-0.3, -0.25) is 20.4 Å². The molecule has 2 aromatic heterocycles. The van der Waals surface area contributed by atoms with Gasteiger partial charge in [0.25, 0.3) is 5.91 Å². The molecule has 0 radical (unpaired) electrons. The summed E-state index contributed by atoms with van der Waals surface area (Å²) in [5.74, 6) is -0.0449. The maximum Gasteiger partial charge on any atom is 0.270 e. The maximum absolute atomic E-state index is 12.9. The lowest BCUT2D eigenvalue weighted by molar-refractivity contribution is -0.121. The topological polar surface area (TPSA) is 97.1 Å². The van der Waals surface area contributed by atoms with E-state index in [4.69, 9.17) is 16.1 Å². The van der Waals surface area contributed by atoms with Crippen LogP contribution in [0.3, 0.4) is 0 Å². The molecule has 0 bridgehead atoms. The minimum Gasteiger partial charge on any atom is -0.361 e. The lowest BCUT2D eigenvalue weighted by atomic mass is 10.0. The molecule has 2 N–H and O–H groups in total. The minimum absolute atomic E-state index is 0.191. The highest BCUT2D eigenvalue weighted by atomic mass is 35.5. The van der Waals surface area contributed by atoms with Crippen LogP contribution in [0.1, 0.15) is 33.8 Å². The number of rotatable bonds is 5. The Balaban J connectivity index is 1.51. The molecular formula is C24H21ClN4O3. The van der Waals surface area contributed by atoms with Crippen molar-refractivity contribution >= 4 is 34.3 Å². The zero-order valence-corrected chi connectivity index (χ0v) is 18.4. The van der Waals surface area contributed by atoms with Gasteiger partial charge in [0, 0.05) is 28.0 Å². The third-order valence-electron chi connectivity index (χ3n) is 5.20. The largest absolute Gasteiger partial charge is 0.361 e. The second kappa shape index (κ2) is 9.20. The van der Waals surface area contributed by atoms with E-state index in [1.807, 2.05) is 50.2 Å². The maximum atomic E-state index is 12.9. The second-order valence-electron chi connectivity index (χ2n) is 7.38. The fourth-order valence-electron chi connectivity index (χ4n) is 3.49. The Morgan fingerprint density at radius 1 is 1.03 bits per heavy atom. The first kappa shape index (κ1) is 21.5. The van der Waals surface area contributed by atoms with E-state index in [1.165, 1.54) is 0 Å². The highest BCUT2D eigenvalue weighted by molar-refractivity contribution is 6.30. The molecule has 0 saturated carbocycles. The molecule has 0 atom stereocenters. The van der Waals surface area contributed by atoms with Gasteiger partial charge in [-0.1, -0.05) is 47.1 Å². The highest BCUT2D eigenvalue weighted by Gasteiger charge is 2.16.